The van der Waals surface area contributed by atoms with Gasteiger partial charge in [-0.1, -0.05) is 30.3 Å². The fourth-order valence-corrected chi connectivity index (χ4v) is 5.75. The molecular weight excluding hydrogens is 550 g/mol. The van der Waals surface area contributed by atoms with Crippen molar-refractivity contribution in [3.05, 3.63) is 100 Å². The maximum absolute atomic E-state index is 14.0. The van der Waals surface area contributed by atoms with Crippen LogP contribution in [0, 0.1) is 0 Å². The molecule has 224 valence electrons. The molecule has 2 aliphatic rings. The molecule has 0 fully saturated rings. The molecule has 1 aliphatic carbocycles. The number of phenols is 1. The molecule has 9 nitrogen and oxygen atoms in total. The van der Waals surface area contributed by atoms with E-state index in [1.165, 1.54) is 13.2 Å². The van der Waals surface area contributed by atoms with E-state index in [0.717, 1.165) is 11.3 Å². The SMILES string of the molecule is COc1cc([C@@H]2C(C(=O)OCCOc3ccccc3)=C(C)NC3=C2C(=O)C[C@@H](c2ccc(OC)c(OC)c2)C3)ccc1O. The summed E-state index contributed by atoms with van der Waals surface area (Å²) in [6, 6.07) is 19.8. The minimum atomic E-state index is -0.716. The van der Waals surface area contributed by atoms with Crippen LogP contribution in [0.3, 0.4) is 0 Å². The average molecular weight is 586 g/mol. The van der Waals surface area contributed by atoms with Crippen molar-refractivity contribution in [3.8, 4) is 28.7 Å². The van der Waals surface area contributed by atoms with Gasteiger partial charge >= 0.3 is 5.97 Å². The normalized spacial score (nSPS) is 18.0. The zero-order valence-electron chi connectivity index (χ0n) is 24.6. The standard InChI is InChI=1S/C34H35NO8/c1-20-31(34(38)43-15-14-42-24-8-6-5-7-9-24)32(22-10-12-26(36)29(19-22)40-3)33-25(35-20)16-23(17-27(33)37)21-11-13-28(39-2)30(18-21)41-4/h5-13,18-19,23,32,35-36H,14-17H2,1-4H3/t23-,32+/m0/s1. The predicted octanol–water partition coefficient (Wildman–Crippen LogP) is 5.40. The first-order valence-electron chi connectivity index (χ1n) is 14.0. The number of para-hydroxylation sites is 1. The highest BCUT2D eigenvalue weighted by Gasteiger charge is 2.41. The van der Waals surface area contributed by atoms with Gasteiger partial charge in [-0.05, 0) is 66.8 Å². The van der Waals surface area contributed by atoms with Crippen LogP contribution in [0.2, 0.25) is 0 Å². The summed E-state index contributed by atoms with van der Waals surface area (Å²) in [5.74, 6) is 0.616. The number of esters is 1. The number of benzene rings is 3. The van der Waals surface area contributed by atoms with Crippen LogP contribution in [-0.2, 0) is 14.3 Å². The van der Waals surface area contributed by atoms with Crippen molar-refractivity contribution in [3.63, 3.8) is 0 Å². The highest BCUT2D eigenvalue weighted by molar-refractivity contribution is 6.04. The number of hydrogen-bond donors (Lipinski definition) is 2. The lowest BCUT2D eigenvalue weighted by Crippen LogP contribution is -2.36. The quantitative estimate of drug-likeness (QED) is 0.239. The van der Waals surface area contributed by atoms with Gasteiger partial charge in [-0.15, -0.1) is 0 Å². The van der Waals surface area contributed by atoms with Gasteiger partial charge in [0.1, 0.15) is 19.0 Å². The Kier molecular flexibility index (Phi) is 8.90. The van der Waals surface area contributed by atoms with E-state index in [1.807, 2.05) is 48.5 Å². The van der Waals surface area contributed by atoms with Crippen molar-refractivity contribution in [2.45, 2.75) is 31.6 Å². The summed E-state index contributed by atoms with van der Waals surface area (Å²) in [4.78, 5) is 27.6. The third-order valence-electron chi connectivity index (χ3n) is 7.79. The van der Waals surface area contributed by atoms with Crippen molar-refractivity contribution in [2.75, 3.05) is 34.5 Å². The first kappa shape index (κ1) is 29.6. The van der Waals surface area contributed by atoms with Gasteiger partial charge < -0.3 is 34.1 Å². The van der Waals surface area contributed by atoms with E-state index in [0.29, 0.717) is 46.1 Å². The van der Waals surface area contributed by atoms with E-state index < -0.39 is 11.9 Å². The molecule has 43 heavy (non-hydrogen) atoms. The summed E-state index contributed by atoms with van der Waals surface area (Å²) in [5.41, 5.74) is 3.74. The second-order valence-corrected chi connectivity index (χ2v) is 10.4. The molecule has 0 amide bonds. The minimum absolute atomic E-state index is 0.0252. The average Bonchev–Trinajstić information content (AvgIpc) is 3.02. The number of carbonyl (C=O) groups is 2. The van der Waals surface area contributed by atoms with Crippen LogP contribution in [-0.4, -0.2) is 51.4 Å². The van der Waals surface area contributed by atoms with Crippen molar-refractivity contribution in [1.29, 1.82) is 0 Å². The molecule has 0 unspecified atom stereocenters. The van der Waals surface area contributed by atoms with Gasteiger partial charge in [-0.25, -0.2) is 4.79 Å². The van der Waals surface area contributed by atoms with E-state index in [-0.39, 0.29) is 42.8 Å². The zero-order valence-corrected chi connectivity index (χ0v) is 24.6. The molecular formula is C34H35NO8. The van der Waals surface area contributed by atoms with Crippen molar-refractivity contribution >= 4 is 11.8 Å². The number of allylic oxidation sites excluding steroid dienone is 3. The molecule has 1 heterocycles. The molecule has 0 spiro atoms. The van der Waals surface area contributed by atoms with Crippen molar-refractivity contribution in [2.24, 2.45) is 0 Å². The van der Waals surface area contributed by atoms with E-state index in [1.54, 1.807) is 33.3 Å². The summed E-state index contributed by atoms with van der Waals surface area (Å²) < 4.78 is 27.6. The summed E-state index contributed by atoms with van der Waals surface area (Å²) >= 11 is 0. The molecule has 3 aromatic rings. The molecule has 3 aromatic carbocycles. The van der Waals surface area contributed by atoms with E-state index in [4.69, 9.17) is 23.7 Å². The number of ketones is 1. The maximum Gasteiger partial charge on any atom is 0.336 e. The lowest BCUT2D eigenvalue weighted by Gasteiger charge is -2.37. The van der Waals surface area contributed by atoms with E-state index in [9.17, 15) is 14.7 Å². The first-order chi connectivity index (χ1) is 20.8. The second-order valence-electron chi connectivity index (χ2n) is 10.4. The first-order valence-corrected chi connectivity index (χ1v) is 14.0. The van der Waals surface area contributed by atoms with Crippen LogP contribution < -0.4 is 24.3 Å². The smallest absolute Gasteiger partial charge is 0.336 e. The lowest BCUT2D eigenvalue weighted by molar-refractivity contribution is -0.140. The Bertz CT molecular complexity index is 1580. The number of Topliss-reactive ketones (excluding diaryl/α,β-unsaturated/α-hetero) is 1. The Balaban J connectivity index is 1.46. The molecule has 2 N–H and O–H groups in total. The number of ether oxygens (including phenoxy) is 5. The van der Waals surface area contributed by atoms with Crippen molar-refractivity contribution in [1.82, 2.24) is 5.32 Å². The van der Waals surface area contributed by atoms with Crippen molar-refractivity contribution < 1.29 is 38.4 Å². The van der Waals surface area contributed by atoms with Crippen LogP contribution in [0.25, 0.3) is 0 Å². The van der Waals surface area contributed by atoms with Crippen LogP contribution in [0.1, 0.15) is 42.7 Å². The second kappa shape index (κ2) is 12.9. The number of dihydropyridines is 1. The number of rotatable bonds is 10. The third-order valence-corrected chi connectivity index (χ3v) is 7.79. The molecule has 0 radical (unpaired) electrons. The summed E-state index contributed by atoms with van der Waals surface area (Å²) in [6.07, 6.45) is 0.793. The number of carbonyl (C=O) groups excluding carboxylic acids is 2. The van der Waals surface area contributed by atoms with Gasteiger partial charge in [0, 0.05) is 29.3 Å². The minimum Gasteiger partial charge on any atom is -0.504 e. The number of aromatic hydroxyl groups is 1. The van der Waals surface area contributed by atoms with Crippen LogP contribution >= 0.6 is 0 Å². The van der Waals surface area contributed by atoms with Crippen LogP contribution in [0.4, 0.5) is 0 Å². The predicted molar refractivity (Wildman–Crippen MR) is 160 cm³/mol. The summed E-state index contributed by atoms with van der Waals surface area (Å²) in [7, 11) is 4.61. The fraction of sp³-hybridized carbons (Fsp3) is 0.294. The van der Waals surface area contributed by atoms with Gasteiger partial charge in [0.15, 0.2) is 28.8 Å². The zero-order chi connectivity index (χ0) is 30.5. The highest BCUT2D eigenvalue weighted by atomic mass is 16.6. The topological polar surface area (TPSA) is 113 Å². The molecule has 5 rings (SSSR count). The van der Waals surface area contributed by atoms with E-state index >= 15 is 0 Å². The Morgan fingerprint density at radius 3 is 2.28 bits per heavy atom. The molecule has 0 saturated heterocycles. The third kappa shape index (κ3) is 6.16. The summed E-state index contributed by atoms with van der Waals surface area (Å²) in [6.45, 7) is 2.00. The Morgan fingerprint density at radius 1 is 0.860 bits per heavy atom. The molecule has 1 aliphatic heterocycles. The molecule has 0 bridgehead atoms. The molecule has 0 saturated carbocycles. The number of methoxy groups -OCH3 is 3. The largest absolute Gasteiger partial charge is 0.504 e. The molecule has 9 heteroatoms. The maximum atomic E-state index is 14.0. The van der Waals surface area contributed by atoms with Gasteiger partial charge in [-0.2, -0.15) is 0 Å². The van der Waals surface area contributed by atoms with Gasteiger partial charge in [0.2, 0.25) is 0 Å². The van der Waals surface area contributed by atoms with Gasteiger partial charge in [0.05, 0.1) is 26.9 Å². The van der Waals surface area contributed by atoms with Gasteiger partial charge in [0.25, 0.3) is 0 Å². The monoisotopic (exact) mass is 585 g/mol. The number of phenolic OH excluding ortho intramolecular Hbond substituents is 1. The number of nitrogens with one attached hydrogen (secondary N) is 1. The summed E-state index contributed by atoms with van der Waals surface area (Å²) in [5, 5.41) is 13.6. The molecule has 0 aromatic heterocycles. The Labute approximate surface area is 250 Å². The lowest BCUT2D eigenvalue weighted by atomic mass is 9.71. The Hall–Kier alpha value is -4.92. The van der Waals surface area contributed by atoms with E-state index in [2.05, 4.69) is 5.32 Å². The molecule has 2 atom stereocenters. The van der Waals surface area contributed by atoms with Crippen LogP contribution in [0.15, 0.2) is 89.3 Å². The fourth-order valence-electron chi connectivity index (χ4n) is 5.75. The highest BCUT2D eigenvalue weighted by Crippen LogP contribution is 2.47. The van der Waals surface area contributed by atoms with Gasteiger partial charge in [-0.3, -0.25) is 4.79 Å². The van der Waals surface area contributed by atoms with Crippen LogP contribution in [0.5, 0.6) is 28.7 Å². The number of hydrogen-bond acceptors (Lipinski definition) is 9. The Morgan fingerprint density at radius 2 is 1.56 bits per heavy atom.